The molecule has 0 spiro atoms. The highest BCUT2D eigenvalue weighted by molar-refractivity contribution is 5.76. The molecule has 0 aromatic rings. The standard InChI is InChI=1S/C8H15NO2.C2H6/c1-9-7(6-11-2)4-3-5-8(9)10;1-2/h7H,3-6H2,1-2H3;1-2H3/t7-;/m1./s1. The number of carbonyl (C=O) groups is 1. The number of amides is 1. The molecule has 0 aromatic carbocycles. The Balaban J connectivity index is 0.000000671. The van der Waals surface area contributed by atoms with Gasteiger partial charge >= 0.3 is 0 Å². The lowest BCUT2D eigenvalue weighted by atomic mass is 10.0. The Morgan fingerprint density at radius 1 is 1.54 bits per heavy atom. The van der Waals surface area contributed by atoms with E-state index in [1.54, 1.807) is 12.0 Å². The molecular weight excluding hydrogens is 166 g/mol. The lowest BCUT2D eigenvalue weighted by molar-refractivity contribution is -0.135. The van der Waals surface area contributed by atoms with Gasteiger partial charge in [-0.15, -0.1) is 0 Å². The van der Waals surface area contributed by atoms with Gasteiger partial charge in [-0.3, -0.25) is 4.79 Å². The van der Waals surface area contributed by atoms with Gasteiger partial charge in [0.25, 0.3) is 0 Å². The minimum absolute atomic E-state index is 0.248. The fourth-order valence-electron chi connectivity index (χ4n) is 1.45. The fraction of sp³-hybridized carbons (Fsp3) is 0.900. The van der Waals surface area contributed by atoms with Gasteiger partial charge in [0.2, 0.25) is 5.91 Å². The largest absolute Gasteiger partial charge is 0.383 e. The summed E-state index contributed by atoms with van der Waals surface area (Å²) < 4.78 is 5.01. The van der Waals surface area contributed by atoms with Crippen LogP contribution in [0.2, 0.25) is 0 Å². The second kappa shape index (κ2) is 6.89. The molecule has 1 heterocycles. The van der Waals surface area contributed by atoms with E-state index in [1.807, 2.05) is 20.9 Å². The number of rotatable bonds is 2. The number of hydrogen-bond donors (Lipinski definition) is 0. The lowest BCUT2D eigenvalue weighted by Gasteiger charge is -2.31. The molecule has 0 aliphatic carbocycles. The van der Waals surface area contributed by atoms with Crippen LogP contribution in [0.5, 0.6) is 0 Å². The highest BCUT2D eigenvalue weighted by Crippen LogP contribution is 2.15. The molecule has 0 radical (unpaired) electrons. The first-order valence-electron chi connectivity index (χ1n) is 5.00. The number of methoxy groups -OCH3 is 1. The quantitative estimate of drug-likeness (QED) is 0.658. The van der Waals surface area contributed by atoms with Crippen molar-refractivity contribution in [1.82, 2.24) is 4.90 Å². The molecule has 0 saturated carbocycles. The maximum Gasteiger partial charge on any atom is 0.222 e. The molecule has 1 aliphatic heterocycles. The van der Waals surface area contributed by atoms with E-state index < -0.39 is 0 Å². The third kappa shape index (κ3) is 3.77. The third-order valence-electron chi connectivity index (χ3n) is 2.23. The summed E-state index contributed by atoms with van der Waals surface area (Å²) in [7, 11) is 3.53. The average molecular weight is 187 g/mol. The van der Waals surface area contributed by atoms with Crippen molar-refractivity contribution in [3.8, 4) is 0 Å². The molecule has 0 unspecified atom stereocenters. The summed E-state index contributed by atoms with van der Waals surface area (Å²) in [5, 5.41) is 0. The van der Waals surface area contributed by atoms with E-state index in [0.29, 0.717) is 19.1 Å². The Kier molecular flexibility index (Phi) is 6.59. The van der Waals surface area contributed by atoms with Crippen LogP contribution in [0.15, 0.2) is 0 Å². The Labute approximate surface area is 81.1 Å². The number of ether oxygens (including phenoxy) is 1. The van der Waals surface area contributed by atoms with Crippen molar-refractivity contribution in [3.05, 3.63) is 0 Å². The first-order valence-corrected chi connectivity index (χ1v) is 5.00. The van der Waals surface area contributed by atoms with Crippen molar-refractivity contribution in [2.24, 2.45) is 0 Å². The molecule has 1 fully saturated rings. The summed E-state index contributed by atoms with van der Waals surface area (Å²) in [6.07, 6.45) is 2.80. The van der Waals surface area contributed by atoms with Crippen LogP contribution in [-0.2, 0) is 9.53 Å². The Morgan fingerprint density at radius 2 is 2.15 bits per heavy atom. The van der Waals surface area contributed by atoms with E-state index in [4.69, 9.17) is 4.74 Å². The molecule has 0 N–H and O–H groups in total. The molecule has 13 heavy (non-hydrogen) atoms. The van der Waals surface area contributed by atoms with E-state index in [2.05, 4.69) is 0 Å². The second-order valence-electron chi connectivity index (χ2n) is 3.01. The molecule has 1 aliphatic rings. The maximum absolute atomic E-state index is 11.1. The molecule has 3 nitrogen and oxygen atoms in total. The van der Waals surface area contributed by atoms with Crippen molar-refractivity contribution in [1.29, 1.82) is 0 Å². The number of likely N-dealkylation sites (N-methyl/N-ethyl adjacent to an activating group) is 1. The molecule has 1 atom stereocenters. The predicted octanol–water partition coefficient (Wildman–Crippen LogP) is 1.67. The van der Waals surface area contributed by atoms with Gasteiger partial charge in [0, 0.05) is 20.6 Å². The smallest absolute Gasteiger partial charge is 0.222 e. The minimum atomic E-state index is 0.248. The topological polar surface area (TPSA) is 29.5 Å². The van der Waals surface area contributed by atoms with E-state index in [1.165, 1.54) is 0 Å². The zero-order valence-corrected chi connectivity index (χ0v) is 9.17. The highest BCUT2D eigenvalue weighted by atomic mass is 16.5. The van der Waals surface area contributed by atoms with Gasteiger partial charge in [-0.1, -0.05) is 13.8 Å². The fourth-order valence-corrected chi connectivity index (χ4v) is 1.45. The maximum atomic E-state index is 11.1. The molecule has 1 rings (SSSR count). The summed E-state index contributed by atoms with van der Waals surface area (Å²) in [6.45, 7) is 4.67. The number of piperidine rings is 1. The van der Waals surface area contributed by atoms with Crippen LogP contribution in [0.3, 0.4) is 0 Å². The Hall–Kier alpha value is -0.570. The van der Waals surface area contributed by atoms with Crippen molar-refractivity contribution < 1.29 is 9.53 Å². The minimum Gasteiger partial charge on any atom is -0.383 e. The number of hydrogen-bond acceptors (Lipinski definition) is 2. The van der Waals surface area contributed by atoms with Crippen molar-refractivity contribution in [2.45, 2.75) is 39.2 Å². The summed E-state index contributed by atoms with van der Waals surface area (Å²) in [6, 6.07) is 0.307. The Bertz CT molecular complexity index is 146. The number of carbonyl (C=O) groups excluding carboxylic acids is 1. The first kappa shape index (κ1) is 12.4. The molecule has 78 valence electrons. The van der Waals surface area contributed by atoms with Gasteiger partial charge in [0.05, 0.1) is 12.6 Å². The van der Waals surface area contributed by atoms with Crippen LogP contribution < -0.4 is 0 Å². The monoisotopic (exact) mass is 187 g/mol. The molecular formula is C10H21NO2. The van der Waals surface area contributed by atoms with Crippen LogP contribution >= 0.6 is 0 Å². The van der Waals surface area contributed by atoms with Crippen molar-refractivity contribution in [3.63, 3.8) is 0 Å². The number of nitrogens with zero attached hydrogens (tertiary/aromatic N) is 1. The van der Waals surface area contributed by atoms with Crippen LogP contribution in [0, 0.1) is 0 Å². The molecule has 1 saturated heterocycles. The lowest BCUT2D eigenvalue weighted by Crippen LogP contribution is -2.42. The summed E-state index contributed by atoms with van der Waals surface area (Å²) in [5.74, 6) is 0.248. The van der Waals surface area contributed by atoms with Crippen molar-refractivity contribution in [2.75, 3.05) is 20.8 Å². The van der Waals surface area contributed by atoms with E-state index in [-0.39, 0.29) is 5.91 Å². The van der Waals surface area contributed by atoms with Gasteiger partial charge in [-0.05, 0) is 12.8 Å². The van der Waals surface area contributed by atoms with Crippen molar-refractivity contribution >= 4 is 5.91 Å². The Morgan fingerprint density at radius 3 is 2.69 bits per heavy atom. The van der Waals surface area contributed by atoms with Crippen LogP contribution in [0.25, 0.3) is 0 Å². The summed E-state index contributed by atoms with van der Waals surface area (Å²) in [5.41, 5.74) is 0. The molecule has 0 aromatic heterocycles. The molecule has 3 heteroatoms. The normalized spacial score (nSPS) is 22.3. The van der Waals surface area contributed by atoms with Gasteiger partial charge in [-0.2, -0.15) is 0 Å². The zero-order chi connectivity index (χ0) is 10.3. The zero-order valence-electron chi connectivity index (χ0n) is 9.17. The predicted molar refractivity (Wildman–Crippen MR) is 53.6 cm³/mol. The summed E-state index contributed by atoms with van der Waals surface area (Å²) >= 11 is 0. The van der Waals surface area contributed by atoms with E-state index in [0.717, 1.165) is 12.8 Å². The highest BCUT2D eigenvalue weighted by Gasteiger charge is 2.23. The SMILES string of the molecule is CC.COC[C@H]1CCCC(=O)N1C. The van der Waals surface area contributed by atoms with Crippen LogP contribution in [0.1, 0.15) is 33.1 Å². The van der Waals surface area contributed by atoms with Gasteiger partial charge < -0.3 is 9.64 Å². The van der Waals surface area contributed by atoms with Gasteiger partial charge in [0.1, 0.15) is 0 Å². The first-order chi connectivity index (χ1) is 6.25. The van der Waals surface area contributed by atoms with Crippen LogP contribution in [0.4, 0.5) is 0 Å². The molecule has 1 amide bonds. The second-order valence-corrected chi connectivity index (χ2v) is 3.01. The van der Waals surface area contributed by atoms with E-state index in [9.17, 15) is 4.79 Å². The van der Waals surface area contributed by atoms with Gasteiger partial charge in [-0.25, -0.2) is 0 Å². The molecule has 0 bridgehead atoms. The van der Waals surface area contributed by atoms with Gasteiger partial charge in [0.15, 0.2) is 0 Å². The average Bonchev–Trinajstić information content (AvgIpc) is 2.17. The van der Waals surface area contributed by atoms with E-state index >= 15 is 0 Å². The summed E-state index contributed by atoms with van der Waals surface area (Å²) in [4.78, 5) is 12.9. The third-order valence-corrected chi connectivity index (χ3v) is 2.23. The number of likely N-dealkylation sites (tertiary alicyclic amines) is 1. The van der Waals surface area contributed by atoms with Crippen LogP contribution in [-0.4, -0.2) is 37.6 Å².